The third kappa shape index (κ3) is 3.76. The quantitative estimate of drug-likeness (QED) is 0.876. The first-order valence-corrected chi connectivity index (χ1v) is 7.21. The molecule has 0 saturated heterocycles. The number of benzene rings is 2. The Balaban J connectivity index is 2.08. The summed E-state index contributed by atoms with van der Waals surface area (Å²) in [7, 11) is 1.80. The van der Waals surface area contributed by atoms with Crippen LogP contribution >= 0.6 is 11.6 Å². The lowest BCUT2D eigenvalue weighted by Crippen LogP contribution is -2.31. The zero-order valence-electron chi connectivity index (χ0n) is 12.2. The number of nitrogens with two attached hydrogens (primary N) is 1. The molecule has 2 aromatic rings. The van der Waals surface area contributed by atoms with Gasteiger partial charge in [-0.2, -0.15) is 0 Å². The third-order valence-electron chi connectivity index (χ3n) is 3.66. The predicted molar refractivity (Wildman–Crippen MR) is 87.2 cm³/mol. The first-order valence-electron chi connectivity index (χ1n) is 6.83. The van der Waals surface area contributed by atoms with Gasteiger partial charge in [0.1, 0.15) is 0 Å². The summed E-state index contributed by atoms with van der Waals surface area (Å²) < 4.78 is 0. The predicted octanol–water partition coefficient (Wildman–Crippen LogP) is 3.68. The number of nitrogen functional groups attached to an aromatic ring is 1. The molecule has 3 nitrogen and oxygen atoms in total. The second kappa shape index (κ2) is 6.64. The van der Waals surface area contributed by atoms with Gasteiger partial charge in [0.05, 0.1) is 12.5 Å². The molecule has 0 fully saturated rings. The topological polar surface area (TPSA) is 46.3 Å². The van der Waals surface area contributed by atoms with Crippen LogP contribution in [0.15, 0.2) is 48.5 Å². The van der Waals surface area contributed by atoms with Gasteiger partial charge >= 0.3 is 0 Å². The van der Waals surface area contributed by atoms with E-state index in [1.807, 2.05) is 43.3 Å². The summed E-state index contributed by atoms with van der Waals surface area (Å²) >= 11 is 6.19. The van der Waals surface area contributed by atoms with Gasteiger partial charge in [0.25, 0.3) is 0 Å². The van der Waals surface area contributed by atoms with E-state index in [1.165, 1.54) is 0 Å². The van der Waals surface area contributed by atoms with Crippen molar-refractivity contribution in [2.45, 2.75) is 19.4 Å². The molecule has 2 N–H and O–H groups in total. The zero-order chi connectivity index (χ0) is 15.4. The SMILES string of the molecule is CC(c1ccccc1Cl)N(C)C(=O)Cc1ccc(N)cc1. The first kappa shape index (κ1) is 15.4. The molecular formula is C17H19ClN2O. The van der Waals surface area contributed by atoms with Gasteiger partial charge in [-0.1, -0.05) is 41.9 Å². The highest BCUT2D eigenvalue weighted by atomic mass is 35.5. The van der Waals surface area contributed by atoms with Gasteiger partial charge in [0, 0.05) is 17.8 Å². The minimum Gasteiger partial charge on any atom is -0.399 e. The molecule has 0 aromatic heterocycles. The van der Waals surface area contributed by atoms with E-state index in [4.69, 9.17) is 17.3 Å². The first-order chi connectivity index (χ1) is 9.99. The number of anilines is 1. The van der Waals surface area contributed by atoms with Gasteiger partial charge in [0.15, 0.2) is 0 Å². The summed E-state index contributed by atoms with van der Waals surface area (Å²) in [5.41, 5.74) is 8.25. The van der Waals surface area contributed by atoms with Crippen LogP contribution in [-0.4, -0.2) is 17.9 Å². The Kier molecular flexibility index (Phi) is 4.86. The molecule has 0 bridgehead atoms. The van der Waals surface area contributed by atoms with Crippen LogP contribution < -0.4 is 5.73 Å². The number of hydrogen-bond acceptors (Lipinski definition) is 2. The van der Waals surface area contributed by atoms with Crippen molar-refractivity contribution in [3.8, 4) is 0 Å². The Morgan fingerprint density at radius 2 is 1.81 bits per heavy atom. The Bertz CT molecular complexity index is 625. The van der Waals surface area contributed by atoms with Crippen molar-refractivity contribution in [3.05, 3.63) is 64.7 Å². The Morgan fingerprint density at radius 3 is 2.43 bits per heavy atom. The molecule has 4 heteroatoms. The van der Waals surface area contributed by atoms with Gasteiger partial charge < -0.3 is 10.6 Å². The fourth-order valence-electron chi connectivity index (χ4n) is 2.17. The molecule has 0 aliphatic rings. The van der Waals surface area contributed by atoms with Crippen molar-refractivity contribution in [1.82, 2.24) is 4.90 Å². The summed E-state index contributed by atoms with van der Waals surface area (Å²) in [6.45, 7) is 1.97. The van der Waals surface area contributed by atoms with Crippen LogP contribution in [0.1, 0.15) is 24.1 Å². The average Bonchev–Trinajstić information content (AvgIpc) is 2.48. The number of amides is 1. The van der Waals surface area contributed by atoms with E-state index in [0.717, 1.165) is 11.1 Å². The van der Waals surface area contributed by atoms with Crippen LogP contribution in [0, 0.1) is 0 Å². The van der Waals surface area contributed by atoms with Gasteiger partial charge in [0.2, 0.25) is 5.91 Å². The largest absolute Gasteiger partial charge is 0.399 e. The average molecular weight is 303 g/mol. The lowest BCUT2D eigenvalue weighted by Gasteiger charge is -2.26. The van der Waals surface area contributed by atoms with Crippen LogP contribution in [0.3, 0.4) is 0 Å². The number of halogens is 1. The summed E-state index contributed by atoms with van der Waals surface area (Å²) in [5.74, 6) is 0.0483. The third-order valence-corrected chi connectivity index (χ3v) is 4.01. The molecule has 1 unspecified atom stereocenters. The molecule has 0 aliphatic heterocycles. The second-order valence-corrected chi connectivity index (χ2v) is 5.53. The zero-order valence-corrected chi connectivity index (χ0v) is 13.0. The van der Waals surface area contributed by atoms with Gasteiger partial charge in [-0.15, -0.1) is 0 Å². The van der Waals surface area contributed by atoms with E-state index >= 15 is 0 Å². The van der Waals surface area contributed by atoms with Crippen molar-refractivity contribution in [1.29, 1.82) is 0 Å². The number of rotatable bonds is 4. The Hall–Kier alpha value is -2.00. The minimum absolute atomic E-state index is 0.0483. The van der Waals surface area contributed by atoms with Crippen LogP contribution in [0.2, 0.25) is 5.02 Å². The van der Waals surface area contributed by atoms with Crippen LogP contribution in [0.5, 0.6) is 0 Å². The van der Waals surface area contributed by atoms with Crippen molar-refractivity contribution in [2.75, 3.05) is 12.8 Å². The molecule has 2 rings (SSSR count). The fraction of sp³-hybridized carbons (Fsp3) is 0.235. The fourth-order valence-corrected chi connectivity index (χ4v) is 2.47. The molecule has 2 aromatic carbocycles. The van der Waals surface area contributed by atoms with Crippen molar-refractivity contribution < 1.29 is 4.79 Å². The molecule has 1 amide bonds. The summed E-state index contributed by atoms with van der Waals surface area (Å²) in [4.78, 5) is 14.1. The molecule has 0 radical (unpaired) electrons. The lowest BCUT2D eigenvalue weighted by atomic mass is 10.1. The van der Waals surface area contributed by atoms with Crippen LogP contribution in [0.4, 0.5) is 5.69 Å². The number of carbonyl (C=O) groups excluding carboxylic acids is 1. The summed E-state index contributed by atoms with van der Waals surface area (Å²) in [6.07, 6.45) is 0.353. The molecule has 110 valence electrons. The molecular weight excluding hydrogens is 284 g/mol. The number of likely N-dealkylation sites (N-methyl/N-ethyl adjacent to an activating group) is 1. The Labute approximate surface area is 130 Å². The molecule has 21 heavy (non-hydrogen) atoms. The van der Waals surface area contributed by atoms with Crippen molar-refractivity contribution >= 4 is 23.2 Å². The van der Waals surface area contributed by atoms with E-state index in [2.05, 4.69) is 0 Å². The standard InChI is InChI=1S/C17H19ClN2O/c1-12(15-5-3-4-6-16(15)18)20(2)17(21)11-13-7-9-14(19)10-8-13/h3-10,12H,11,19H2,1-2H3. The summed E-state index contributed by atoms with van der Waals surface area (Å²) in [5, 5.41) is 0.678. The molecule has 0 spiro atoms. The highest BCUT2D eigenvalue weighted by Gasteiger charge is 2.19. The van der Waals surface area contributed by atoms with E-state index in [9.17, 15) is 4.79 Å². The maximum atomic E-state index is 12.4. The highest BCUT2D eigenvalue weighted by molar-refractivity contribution is 6.31. The van der Waals surface area contributed by atoms with Gasteiger partial charge in [-0.25, -0.2) is 0 Å². The van der Waals surface area contributed by atoms with Crippen LogP contribution in [-0.2, 0) is 11.2 Å². The number of carbonyl (C=O) groups is 1. The molecule has 1 atom stereocenters. The van der Waals surface area contributed by atoms with Gasteiger partial charge in [-0.3, -0.25) is 4.79 Å². The Morgan fingerprint density at radius 1 is 1.19 bits per heavy atom. The normalized spacial score (nSPS) is 12.0. The van der Waals surface area contributed by atoms with E-state index in [-0.39, 0.29) is 11.9 Å². The van der Waals surface area contributed by atoms with E-state index in [1.54, 1.807) is 24.1 Å². The maximum absolute atomic E-state index is 12.4. The van der Waals surface area contributed by atoms with Crippen molar-refractivity contribution in [3.63, 3.8) is 0 Å². The summed E-state index contributed by atoms with van der Waals surface area (Å²) in [6, 6.07) is 14.9. The lowest BCUT2D eigenvalue weighted by molar-refractivity contribution is -0.131. The minimum atomic E-state index is -0.0695. The maximum Gasteiger partial charge on any atom is 0.227 e. The van der Waals surface area contributed by atoms with E-state index in [0.29, 0.717) is 17.1 Å². The van der Waals surface area contributed by atoms with E-state index < -0.39 is 0 Å². The number of hydrogen-bond donors (Lipinski definition) is 1. The molecule has 0 saturated carbocycles. The second-order valence-electron chi connectivity index (χ2n) is 5.12. The smallest absolute Gasteiger partial charge is 0.227 e. The number of nitrogens with zero attached hydrogens (tertiary/aromatic N) is 1. The van der Waals surface area contributed by atoms with Crippen LogP contribution in [0.25, 0.3) is 0 Å². The molecule has 0 aliphatic carbocycles. The van der Waals surface area contributed by atoms with Gasteiger partial charge in [-0.05, 0) is 36.2 Å². The monoisotopic (exact) mass is 302 g/mol. The van der Waals surface area contributed by atoms with Crippen molar-refractivity contribution in [2.24, 2.45) is 0 Å². The molecule has 0 heterocycles. The highest BCUT2D eigenvalue weighted by Crippen LogP contribution is 2.26.